The van der Waals surface area contributed by atoms with Crippen LogP contribution in [0, 0.1) is 5.92 Å². The number of fused-ring (bicyclic) bond motifs is 1. The predicted molar refractivity (Wildman–Crippen MR) is 122 cm³/mol. The van der Waals surface area contributed by atoms with Crippen LogP contribution < -0.4 is 10.1 Å². The van der Waals surface area contributed by atoms with Crippen molar-refractivity contribution < 1.29 is 9.47 Å². The molecule has 11 heteroatoms. The van der Waals surface area contributed by atoms with Crippen LogP contribution in [0.2, 0.25) is 0 Å². The van der Waals surface area contributed by atoms with E-state index in [1.54, 1.807) is 24.1 Å². The minimum atomic E-state index is -0.109. The average Bonchev–Trinajstić information content (AvgIpc) is 3.46. The first-order valence-electron chi connectivity index (χ1n) is 11.1. The number of aromatic amines is 1. The molecule has 0 radical (unpaired) electrons. The Kier molecular flexibility index (Phi) is 5.49. The number of H-pyrrole nitrogens is 1. The summed E-state index contributed by atoms with van der Waals surface area (Å²) >= 11 is 0. The fourth-order valence-corrected chi connectivity index (χ4v) is 4.12. The summed E-state index contributed by atoms with van der Waals surface area (Å²) in [5.41, 5.74) is 2.73. The molecule has 1 aliphatic rings. The lowest BCUT2D eigenvalue weighted by molar-refractivity contribution is 0.137. The molecule has 0 aliphatic heterocycles. The third-order valence-electron chi connectivity index (χ3n) is 5.94. The van der Waals surface area contributed by atoms with Gasteiger partial charge in [-0.1, -0.05) is 5.10 Å². The Labute approximate surface area is 191 Å². The second-order valence-electron chi connectivity index (χ2n) is 9.51. The molecule has 1 saturated carbocycles. The molecule has 174 valence electrons. The second-order valence-corrected chi connectivity index (χ2v) is 9.51. The topological polar surface area (TPSA) is 120 Å². The van der Waals surface area contributed by atoms with Crippen molar-refractivity contribution in [3.05, 3.63) is 42.2 Å². The molecule has 0 saturated heterocycles. The summed E-state index contributed by atoms with van der Waals surface area (Å²) in [4.78, 5) is 4.45. The molecule has 0 spiro atoms. The number of aromatic nitrogens is 8. The molecule has 33 heavy (non-hydrogen) atoms. The first kappa shape index (κ1) is 21.4. The number of hydrogen-bond donors (Lipinski definition) is 2. The first-order chi connectivity index (χ1) is 15.9. The Bertz CT molecular complexity index is 1230. The van der Waals surface area contributed by atoms with Crippen LogP contribution in [0.3, 0.4) is 0 Å². The van der Waals surface area contributed by atoms with Gasteiger partial charge in [0.25, 0.3) is 0 Å². The number of hydrogen-bond acceptors (Lipinski definition) is 8. The van der Waals surface area contributed by atoms with E-state index >= 15 is 0 Å². The van der Waals surface area contributed by atoms with E-state index in [1.807, 2.05) is 16.8 Å². The van der Waals surface area contributed by atoms with Gasteiger partial charge in [-0.25, -0.2) is 9.50 Å². The maximum Gasteiger partial charge on any atom is 0.317 e. The Balaban J connectivity index is 1.17. The number of rotatable bonds is 8. The molecule has 0 amide bonds. The van der Waals surface area contributed by atoms with E-state index in [-0.39, 0.29) is 5.54 Å². The molecular weight excluding hydrogens is 422 g/mol. The van der Waals surface area contributed by atoms with Crippen LogP contribution in [0.4, 0.5) is 11.6 Å². The average molecular weight is 452 g/mol. The van der Waals surface area contributed by atoms with E-state index in [4.69, 9.17) is 9.47 Å². The van der Waals surface area contributed by atoms with Gasteiger partial charge in [-0.05, 0) is 45.6 Å². The monoisotopic (exact) mass is 451 g/mol. The van der Waals surface area contributed by atoms with Gasteiger partial charge in [0.05, 0.1) is 18.9 Å². The number of anilines is 2. The molecule has 4 aromatic rings. The predicted octanol–water partition coefficient (Wildman–Crippen LogP) is 3.26. The summed E-state index contributed by atoms with van der Waals surface area (Å²) in [5, 5.41) is 23.5. The fraction of sp³-hybridized carbons (Fsp3) is 0.500. The highest BCUT2D eigenvalue weighted by atomic mass is 16.5. The van der Waals surface area contributed by atoms with E-state index in [0.717, 1.165) is 35.6 Å². The van der Waals surface area contributed by atoms with Crippen molar-refractivity contribution in [2.24, 2.45) is 5.92 Å². The maximum atomic E-state index is 5.96. The summed E-state index contributed by atoms with van der Waals surface area (Å²) < 4.78 is 14.9. The molecule has 4 aromatic heterocycles. The summed E-state index contributed by atoms with van der Waals surface area (Å²) in [7, 11) is 1.65. The van der Waals surface area contributed by atoms with Crippen LogP contribution in [0.5, 0.6) is 6.01 Å². The van der Waals surface area contributed by atoms with Crippen molar-refractivity contribution in [2.75, 3.05) is 19.0 Å². The largest absolute Gasteiger partial charge is 0.463 e. The smallest absolute Gasteiger partial charge is 0.317 e. The molecule has 0 aromatic carbocycles. The van der Waals surface area contributed by atoms with Crippen molar-refractivity contribution >= 4 is 17.2 Å². The van der Waals surface area contributed by atoms with Crippen molar-refractivity contribution in [1.82, 2.24) is 39.6 Å². The quantitative estimate of drug-likeness (QED) is 0.419. The molecule has 2 N–H and O–H groups in total. The second kappa shape index (κ2) is 8.47. The number of nitrogens with zero attached hydrogens (tertiary/aromatic N) is 7. The third kappa shape index (κ3) is 4.40. The zero-order valence-electron chi connectivity index (χ0n) is 19.3. The molecule has 5 rings (SSSR count). The number of nitrogens with one attached hydrogen (secondary N) is 2. The Morgan fingerprint density at radius 1 is 1.24 bits per heavy atom. The number of ether oxygens (including phenoxy) is 2. The van der Waals surface area contributed by atoms with Gasteiger partial charge < -0.3 is 14.8 Å². The Morgan fingerprint density at radius 3 is 2.88 bits per heavy atom. The van der Waals surface area contributed by atoms with Gasteiger partial charge in [0, 0.05) is 42.7 Å². The highest BCUT2D eigenvalue weighted by Gasteiger charge is 2.33. The highest BCUT2D eigenvalue weighted by Crippen LogP contribution is 2.41. The van der Waals surface area contributed by atoms with E-state index in [2.05, 4.69) is 62.6 Å². The Hall–Kier alpha value is -3.47. The van der Waals surface area contributed by atoms with Gasteiger partial charge in [0.2, 0.25) is 0 Å². The van der Waals surface area contributed by atoms with Gasteiger partial charge in [0.1, 0.15) is 11.8 Å². The summed E-state index contributed by atoms with van der Waals surface area (Å²) in [6, 6.07) is 4.59. The molecular formula is C22H29N9O2. The van der Waals surface area contributed by atoms with Gasteiger partial charge in [-0.3, -0.25) is 9.67 Å². The van der Waals surface area contributed by atoms with Gasteiger partial charge in [-0.15, -0.1) is 5.10 Å². The normalized spacial score (nSPS) is 18.4. The zero-order valence-corrected chi connectivity index (χ0v) is 19.3. The lowest BCUT2D eigenvalue weighted by atomic mass is 9.74. The molecule has 0 atom stereocenters. The third-order valence-corrected chi connectivity index (χ3v) is 5.94. The van der Waals surface area contributed by atoms with Gasteiger partial charge in [0.15, 0.2) is 11.6 Å². The molecule has 0 bridgehead atoms. The molecule has 4 heterocycles. The summed E-state index contributed by atoms with van der Waals surface area (Å²) in [6.45, 7) is 7.41. The van der Waals surface area contributed by atoms with Gasteiger partial charge >= 0.3 is 6.01 Å². The van der Waals surface area contributed by atoms with E-state index in [9.17, 15) is 0 Å². The molecule has 1 aliphatic carbocycles. The molecule has 11 nitrogen and oxygen atoms in total. The van der Waals surface area contributed by atoms with Crippen LogP contribution in [0.1, 0.15) is 50.9 Å². The van der Waals surface area contributed by atoms with Crippen LogP contribution >= 0.6 is 0 Å². The lowest BCUT2D eigenvalue weighted by Gasteiger charge is -2.34. The van der Waals surface area contributed by atoms with E-state index < -0.39 is 0 Å². The fourth-order valence-electron chi connectivity index (χ4n) is 4.12. The molecule has 0 unspecified atom stereocenters. The highest BCUT2D eigenvalue weighted by molar-refractivity contribution is 5.72. The van der Waals surface area contributed by atoms with Crippen LogP contribution in [-0.2, 0) is 16.9 Å². The summed E-state index contributed by atoms with van der Waals surface area (Å²) in [5.74, 6) is 2.36. The Morgan fingerprint density at radius 2 is 2.09 bits per heavy atom. The van der Waals surface area contributed by atoms with Crippen LogP contribution in [0.15, 0.2) is 30.9 Å². The maximum absolute atomic E-state index is 5.96. The van der Waals surface area contributed by atoms with Crippen LogP contribution in [-0.4, -0.2) is 53.3 Å². The SMILES string of the molecule is COCc1cc2c(Nc3cc(C4CC(COc5nncn5C(C)(C)C)C4)[nH]n3)nccn2n1. The lowest BCUT2D eigenvalue weighted by Crippen LogP contribution is -2.29. The number of methoxy groups -OCH3 is 1. The van der Waals surface area contributed by atoms with Crippen molar-refractivity contribution in [2.45, 2.75) is 51.7 Å². The van der Waals surface area contributed by atoms with E-state index in [1.165, 1.54) is 0 Å². The van der Waals surface area contributed by atoms with Crippen molar-refractivity contribution in [1.29, 1.82) is 0 Å². The van der Waals surface area contributed by atoms with E-state index in [0.29, 0.717) is 36.9 Å². The minimum Gasteiger partial charge on any atom is -0.463 e. The minimum absolute atomic E-state index is 0.109. The zero-order chi connectivity index (χ0) is 23.0. The molecule has 1 fully saturated rings. The van der Waals surface area contributed by atoms with Gasteiger partial charge in [-0.2, -0.15) is 10.2 Å². The van der Waals surface area contributed by atoms with Crippen molar-refractivity contribution in [3.63, 3.8) is 0 Å². The standard InChI is InChI=1S/C22H29N9O2/c1-22(2,3)30-13-24-28-21(30)33-11-14-7-15(8-14)17-10-19(27-26-17)25-20-18-9-16(12-32-4)29-31(18)6-5-23-20/h5-6,9-10,13-15H,7-8,11-12H2,1-4H3,(H2,23,25,26,27). The summed E-state index contributed by atoms with van der Waals surface area (Å²) in [6.07, 6.45) is 7.33. The van der Waals surface area contributed by atoms with Crippen LogP contribution in [0.25, 0.3) is 5.52 Å². The van der Waals surface area contributed by atoms with Crippen molar-refractivity contribution in [3.8, 4) is 6.01 Å². The first-order valence-corrected chi connectivity index (χ1v) is 11.1.